The van der Waals surface area contributed by atoms with Gasteiger partial charge in [-0.15, -0.1) is 11.3 Å². The fourth-order valence-electron chi connectivity index (χ4n) is 3.30. The van der Waals surface area contributed by atoms with E-state index in [1.165, 1.54) is 4.88 Å². The lowest BCUT2D eigenvalue weighted by Gasteiger charge is -2.40. The van der Waals surface area contributed by atoms with Crippen molar-refractivity contribution in [3.63, 3.8) is 0 Å². The van der Waals surface area contributed by atoms with Crippen molar-refractivity contribution in [2.75, 3.05) is 26.7 Å². The van der Waals surface area contributed by atoms with Crippen LogP contribution in [0, 0.1) is 0 Å². The van der Waals surface area contributed by atoms with Crippen molar-refractivity contribution in [3.8, 4) is 0 Å². The Morgan fingerprint density at radius 2 is 2.27 bits per heavy atom. The maximum absolute atomic E-state index is 11.0. The van der Waals surface area contributed by atoms with E-state index in [2.05, 4.69) is 34.4 Å². The normalized spacial score (nSPS) is 23.2. The summed E-state index contributed by atoms with van der Waals surface area (Å²) in [6, 6.07) is 8.14. The molecule has 0 radical (unpaired) electrons. The van der Waals surface area contributed by atoms with Crippen LogP contribution in [0.5, 0.6) is 0 Å². The molecule has 0 bridgehead atoms. The Morgan fingerprint density at radius 3 is 2.95 bits per heavy atom. The topological polar surface area (TPSA) is 39.9 Å². The monoisotopic (exact) mass is 320 g/mol. The van der Waals surface area contributed by atoms with Gasteiger partial charge in [-0.25, -0.2) is 0 Å². The molecule has 1 aliphatic rings. The van der Waals surface area contributed by atoms with Crippen LogP contribution in [0.3, 0.4) is 0 Å². The first-order chi connectivity index (χ1) is 10.6. The average molecular weight is 320 g/mol. The lowest BCUT2D eigenvalue weighted by molar-refractivity contribution is -0.0510. The smallest absolute Gasteiger partial charge is 0.117 e. The van der Waals surface area contributed by atoms with Crippen LogP contribution >= 0.6 is 11.3 Å². The summed E-state index contributed by atoms with van der Waals surface area (Å²) >= 11 is 1.76. The van der Waals surface area contributed by atoms with Crippen molar-refractivity contribution in [1.29, 1.82) is 0 Å². The van der Waals surface area contributed by atoms with E-state index in [1.807, 2.05) is 12.1 Å². The molecule has 0 aromatic carbocycles. The van der Waals surface area contributed by atoms with E-state index >= 15 is 0 Å². The summed E-state index contributed by atoms with van der Waals surface area (Å²) in [5.41, 5.74) is -0.628. The number of furan rings is 1. The Bertz CT molecular complexity index is 519. The Morgan fingerprint density at radius 1 is 1.36 bits per heavy atom. The Hall–Kier alpha value is -1.14. The molecule has 5 heteroatoms. The number of likely N-dealkylation sites (tertiary alicyclic amines) is 1. The van der Waals surface area contributed by atoms with Gasteiger partial charge in [0.15, 0.2) is 0 Å². The van der Waals surface area contributed by atoms with Crippen LogP contribution in [0.1, 0.15) is 23.5 Å². The molecule has 1 saturated heterocycles. The molecule has 120 valence electrons. The highest BCUT2D eigenvalue weighted by atomic mass is 32.1. The van der Waals surface area contributed by atoms with Gasteiger partial charge in [0, 0.05) is 24.5 Å². The van der Waals surface area contributed by atoms with Crippen LogP contribution in [0.2, 0.25) is 0 Å². The predicted octanol–water partition coefficient (Wildman–Crippen LogP) is 2.80. The number of thiophene rings is 1. The molecule has 0 saturated carbocycles. The lowest BCUT2D eigenvalue weighted by atomic mass is 9.92. The van der Waals surface area contributed by atoms with Gasteiger partial charge in [-0.1, -0.05) is 6.07 Å². The van der Waals surface area contributed by atoms with Crippen molar-refractivity contribution < 1.29 is 9.52 Å². The van der Waals surface area contributed by atoms with Gasteiger partial charge in [0.25, 0.3) is 0 Å². The minimum atomic E-state index is -0.628. The summed E-state index contributed by atoms with van der Waals surface area (Å²) in [5.74, 6) is 0.948. The largest absolute Gasteiger partial charge is 0.468 e. The van der Waals surface area contributed by atoms with Gasteiger partial charge in [0.05, 0.1) is 18.4 Å². The van der Waals surface area contributed by atoms with Gasteiger partial charge in [-0.05, 0) is 50.0 Å². The van der Waals surface area contributed by atoms with Crippen molar-refractivity contribution in [3.05, 3.63) is 46.5 Å². The minimum Gasteiger partial charge on any atom is -0.468 e. The molecule has 1 atom stereocenters. The lowest BCUT2D eigenvalue weighted by Crippen LogP contribution is -2.52. The standard InChI is InChI=1S/C17H24N2O2S/c1-18-8-4-7-17(20,13-18)14-19(11-15-5-2-9-21-15)12-16-6-3-10-22-16/h2-3,5-6,9-10,20H,4,7-8,11-14H2,1H3. The SMILES string of the molecule is CN1CCCC(O)(CN(Cc2ccco2)Cc2cccs2)C1. The molecule has 3 heterocycles. The van der Waals surface area contributed by atoms with E-state index in [1.54, 1.807) is 17.6 Å². The van der Waals surface area contributed by atoms with E-state index in [-0.39, 0.29) is 0 Å². The average Bonchev–Trinajstić information content (AvgIpc) is 3.11. The van der Waals surface area contributed by atoms with E-state index in [4.69, 9.17) is 4.42 Å². The third-order valence-electron chi connectivity index (χ3n) is 4.18. The first kappa shape index (κ1) is 15.7. The van der Waals surface area contributed by atoms with Crippen molar-refractivity contribution in [1.82, 2.24) is 9.80 Å². The molecule has 3 rings (SSSR count). The molecule has 2 aromatic heterocycles. The summed E-state index contributed by atoms with van der Waals surface area (Å²) in [7, 11) is 2.08. The first-order valence-corrected chi connectivity index (χ1v) is 8.69. The zero-order valence-corrected chi connectivity index (χ0v) is 13.9. The maximum atomic E-state index is 11.0. The third kappa shape index (κ3) is 4.20. The summed E-state index contributed by atoms with van der Waals surface area (Å²) in [6.07, 6.45) is 3.64. The minimum absolute atomic E-state index is 0.628. The molecule has 1 unspecified atom stereocenters. The van der Waals surface area contributed by atoms with Gasteiger partial charge in [0.2, 0.25) is 0 Å². The molecule has 0 amide bonds. The van der Waals surface area contributed by atoms with Gasteiger partial charge < -0.3 is 14.4 Å². The van der Waals surface area contributed by atoms with Crippen LogP contribution < -0.4 is 0 Å². The molecule has 1 aliphatic heterocycles. The second-order valence-corrected chi connectivity index (χ2v) is 7.40. The third-order valence-corrected chi connectivity index (χ3v) is 5.04. The van der Waals surface area contributed by atoms with E-state index in [9.17, 15) is 5.11 Å². The Kier molecular flexibility index (Phi) is 4.98. The number of aliphatic hydroxyl groups is 1. The predicted molar refractivity (Wildman–Crippen MR) is 88.8 cm³/mol. The van der Waals surface area contributed by atoms with E-state index in [0.29, 0.717) is 6.54 Å². The maximum Gasteiger partial charge on any atom is 0.117 e. The molecular weight excluding hydrogens is 296 g/mol. The van der Waals surface area contributed by atoms with Crippen LogP contribution in [-0.2, 0) is 13.1 Å². The van der Waals surface area contributed by atoms with E-state index < -0.39 is 5.60 Å². The molecule has 4 nitrogen and oxygen atoms in total. The molecule has 0 spiro atoms. The Balaban J connectivity index is 1.69. The zero-order valence-electron chi connectivity index (χ0n) is 13.1. The van der Waals surface area contributed by atoms with Gasteiger partial charge in [-0.3, -0.25) is 4.90 Å². The van der Waals surface area contributed by atoms with Crippen LogP contribution in [0.25, 0.3) is 0 Å². The molecule has 1 N–H and O–H groups in total. The number of β-amino-alcohol motifs (C(OH)–C–C–N with tert-alkyl or cyclic N) is 1. The number of piperidine rings is 1. The van der Waals surface area contributed by atoms with Gasteiger partial charge >= 0.3 is 0 Å². The summed E-state index contributed by atoms with van der Waals surface area (Å²) in [6.45, 7) is 4.08. The Labute approximate surface area is 136 Å². The molecule has 1 fully saturated rings. The van der Waals surface area contributed by atoms with Crippen molar-refractivity contribution in [2.24, 2.45) is 0 Å². The second kappa shape index (κ2) is 6.96. The number of rotatable bonds is 6. The number of nitrogens with zero attached hydrogens (tertiary/aromatic N) is 2. The molecular formula is C17H24N2O2S. The highest BCUT2D eigenvalue weighted by molar-refractivity contribution is 7.09. The fourth-order valence-corrected chi connectivity index (χ4v) is 4.04. The zero-order chi connectivity index (χ0) is 15.4. The van der Waals surface area contributed by atoms with Crippen molar-refractivity contribution in [2.45, 2.75) is 31.5 Å². The summed E-state index contributed by atoms with van der Waals surface area (Å²) < 4.78 is 5.50. The highest BCUT2D eigenvalue weighted by Crippen LogP contribution is 2.24. The van der Waals surface area contributed by atoms with Gasteiger partial charge in [-0.2, -0.15) is 0 Å². The quantitative estimate of drug-likeness (QED) is 0.888. The van der Waals surface area contributed by atoms with Gasteiger partial charge in [0.1, 0.15) is 5.76 Å². The van der Waals surface area contributed by atoms with Crippen molar-refractivity contribution >= 4 is 11.3 Å². The van der Waals surface area contributed by atoms with E-state index in [0.717, 1.165) is 44.8 Å². The highest BCUT2D eigenvalue weighted by Gasteiger charge is 2.34. The molecule has 2 aromatic rings. The fraction of sp³-hybridized carbons (Fsp3) is 0.529. The molecule has 22 heavy (non-hydrogen) atoms. The first-order valence-electron chi connectivity index (χ1n) is 7.81. The number of hydrogen-bond donors (Lipinski definition) is 1. The summed E-state index contributed by atoms with van der Waals surface area (Å²) in [4.78, 5) is 5.84. The second-order valence-electron chi connectivity index (χ2n) is 6.37. The summed E-state index contributed by atoms with van der Waals surface area (Å²) in [5, 5.41) is 13.1. The van der Waals surface area contributed by atoms with Crippen LogP contribution in [0.4, 0.5) is 0 Å². The number of hydrogen-bond acceptors (Lipinski definition) is 5. The number of likely N-dealkylation sites (N-methyl/N-ethyl adjacent to an activating group) is 1. The van der Waals surface area contributed by atoms with Crippen LogP contribution in [-0.4, -0.2) is 47.2 Å². The van der Waals surface area contributed by atoms with Crippen LogP contribution in [0.15, 0.2) is 40.3 Å². The molecule has 0 aliphatic carbocycles.